The molecule has 2 heteroatoms. The second kappa shape index (κ2) is 14.3. The van der Waals surface area contributed by atoms with Crippen LogP contribution in [-0.2, 0) is 0 Å². The number of nitrogens with zero attached hydrogens (tertiary/aromatic N) is 2. The van der Waals surface area contributed by atoms with Gasteiger partial charge in [0.25, 0.3) is 0 Å². The summed E-state index contributed by atoms with van der Waals surface area (Å²) in [6.07, 6.45) is 5.73. The van der Waals surface area contributed by atoms with Gasteiger partial charge in [0.15, 0.2) is 0 Å². The molecule has 10 aromatic rings. The van der Waals surface area contributed by atoms with Crippen LogP contribution in [0.3, 0.4) is 0 Å². The smallest absolute Gasteiger partial charge is 0.0619 e. The first-order chi connectivity index (χ1) is 28.8. The van der Waals surface area contributed by atoms with Crippen molar-refractivity contribution in [2.45, 2.75) is 12.3 Å². The monoisotopic (exact) mass is 740 g/mol. The fourth-order valence-electron chi connectivity index (χ4n) is 9.19. The summed E-state index contributed by atoms with van der Waals surface area (Å²) in [7, 11) is 0. The van der Waals surface area contributed by atoms with Gasteiger partial charge in [-0.25, -0.2) is 0 Å². The Hall–Kier alpha value is -7.42. The van der Waals surface area contributed by atoms with Gasteiger partial charge in [-0.05, 0) is 98.9 Å². The molecule has 1 aliphatic rings. The van der Waals surface area contributed by atoms with E-state index in [4.69, 9.17) is 0 Å². The highest BCUT2D eigenvalue weighted by Crippen LogP contribution is 2.45. The maximum absolute atomic E-state index is 2.50. The topological polar surface area (TPSA) is 8.17 Å². The Labute approximate surface area is 338 Å². The van der Waals surface area contributed by atoms with Gasteiger partial charge in [0.05, 0.1) is 11.0 Å². The average Bonchev–Trinajstić information content (AvgIpc) is 3.65. The largest absolute Gasteiger partial charge is 0.314 e. The normalized spacial score (nSPS) is 14.2. The molecule has 0 saturated carbocycles. The quantitative estimate of drug-likeness (QED) is 0.158. The van der Waals surface area contributed by atoms with E-state index >= 15 is 0 Å². The van der Waals surface area contributed by atoms with Crippen molar-refractivity contribution in [2.24, 2.45) is 0 Å². The Morgan fingerprint density at radius 3 is 1.95 bits per heavy atom. The predicted octanol–water partition coefficient (Wildman–Crippen LogP) is 15.1. The van der Waals surface area contributed by atoms with E-state index in [0.717, 1.165) is 23.5 Å². The lowest BCUT2D eigenvalue weighted by Crippen LogP contribution is -2.20. The molecule has 9 aromatic carbocycles. The Kier molecular flexibility index (Phi) is 8.33. The van der Waals surface area contributed by atoms with Crippen LogP contribution >= 0.6 is 0 Å². The van der Waals surface area contributed by atoms with Crippen molar-refractivity contribution >= 4 is 60.3 Å². The van der Waals surface area contributed by atoms with Crippen LogP contribution in [-0.4, -0.2) is 4.57 Å². The molecule has 1 unspecified atom stereocenters. The number of hydrogen-bond donors (Lipinski definition) is 0. The molecule has 0 radical (unpaired) electrons. The maximum Gasteiger partial charge on any atom is 0.0619 e. The lowest BCUT2D eigenvalue weighted by molar-refractivity contribution is 0.798. The first-order valence-corrected chi connectivity index (χ1v) is 20.2. The molecule has 1 aromatic heterocycles. The SMILES string of the molecule is C1=C(c2ccccc2)C=C(N(c2cccc(-c3cccc4c3c3ccc5ccccc5c3n4-c3ccccc3)c2)c2ccc3ccccc3c2)CC1c1ccccc1. The van der Waals surface area contributed by atoms with Gasteiger partial charge in [0.1, 0.15) is 0 Å². The minimum absolute atomic E-state index is 0.218. The number of anilines is 2. The summed E-state index contributed by atoms with van der Waals surface area (Å²) >= 11 is 0. The molecule has 0 fully saturated rings. The zero-order chi connectivity index (χ0) is 38.4. The lowest BCUT2D eigenvalue weighted by atomic mass is 9.85. The van der Waals surface area contributed by atoms with Crippen LogP contribution in [0.25, 0.3) is 65.7 Å². The van der Waals surface area contributed by atoms with Gasteiger partial charge >= 0.3 is 0 Å². The Morgan fingerprint density at radius 2 is 1.12 bits per heavy atom. The molecule has 0 amide bonds. The molecule has 0 spiro atoms. The van der Waals surface area contributed by atoms with Gasteiger partial charge in [-0.1, -0.05) is 176 Å². The van der Waals surface area contributed by atoms with E-state index in [9.17, 15) is 0 Å². The van der Waals surface area contributed by atoms with Gasteiger partial charge < -0.3 is 9.47 Å². The number of para-hydroxylation sites is 1. The number of aromatic nitrogens is 1. The molecule has 0 saturated heterocycles. The van der Waals surface area contributed by atoms with Crippen molar-refractivity contribution in [3.8, 4) is 16.8 Å². The molecule has 274 valence electrons. The number of hydrogen-bond acceptors (Lipinski definition) is 1. The summed E-state index contributed by atoms with van der Waals surface area (Å²) in [5, 5.41) is 7.46. The van der Waals surface area contributed by atoms with Crippen molar-refractivity contribution < 1.29 is 0 Å². The lowest BCUT2D eigenvalue weighted by Gasteiger charge is -2.33. The van der Waals surface area contributed by atoms with Crippen LogP contribution in [0, 0.1) is 0 Å². The van der Waals surface area contributed by atoms with E-state index < -0.39 is 0 Å². The third kappa shape index (κ3) is 5.90. The average molecular weight is 741 g/mol. The summed E-state index contributed by atoms with van der Waals surface area (Å²) in [6.45, 7) is 0. The fourth-order valence-corrected chi connectivity index (χ4v) is 9.19. The molecular weight excluding hydrogens is 701 g/mol. The molecule has 0 aliphatic heterocycles. The highest BCUT2D eigenvalue weighted by atomic mass is 15.1. The molecule has 11 rings (SSSR count). The summed E-state index contributed by atoms with van der Waals surface area (Å²) in [4.78, 5) is 2.50. The third-order valence-corrected chi connectivity index (χ3v) is 11.9. The Bertz CT molecular complexity index is 3190. The predicted molar refractivity (Wildman–Crippen MR) is 246 cm³/mol. The van der Waals surface area contributed by atoms with Crippen LogP contribution in [0.2, 0.25) is 0 Å². The molecule has 0 bridgehead atoms. The van der Waals surface area contributed by atoms with Gasteiger partial charge in [-0.15, -0.1) is 0 Å². The minimum atomic E-state index is 0.218. The van der Waals surface area contributed by atoms with Crippen LogP contribution in [0.1, 0.15) is 23.5 Å². The highest BCUT2D eigenvalue weighted by Gasteiger charge is 2.25. The number of fused-ring (bicyclic) bond motifs is 6. The van der Waals surface area contributed by atoms with E-state index in [1.165, 1.54) is 76.9 Å². The molecule has 58 heavy (non-hydrogen) atoms. The van der Waals surface area contributed by atoms with Gasteiger partial charge in [0.2, 0.25) is 0 Å². The molecule has 1 atom stereocenters. The van der Waals surface area contributed by atoms with Crippen LogP contribution in [0.5, 0.6) is 0 Å². The number of benzene rings is 9. The first-order valence-electron chi connectivity index (χ1n) is 20.2. The number of rotatable bonds is 7. The van der Waals surface area contributed by atoms with Crippen molar-refractivity contribution in [3.63, 3.8) is 0 Å². The second-order valence-electron chi connectivity index (χ2n) is 15.3. The summed E-state index contributed by atoms with van der Waals surface area (Å²) in [5.41, 5.74) is 13.3. The molecular formula is C56H40N2. The zero-order valence-electron chi connectivity index (χ0n) is 32.0. The third-order valence-electron chi connectivity index (χ3n) is 11.9. The second-order valence-corrected chi connectivity index (χ2v) is 15.3. The fraction of sp³-hybridized carbons (Fsp3) is 0.0357. The summed E-state index contributed by atoms with van der Waals surface area (Å²) in [5.74, 6) is 0.218. The van der Waals surface area contributed by atoms with Gasteiger partial charge in [-0.2, -0.15) is 0 Å². The Balaban J connectivity index is 1.13. The van der Waals surface area contributed by atoms with Crippen LogP contribution in [0.4, 0.5) is 11.4 Å². The molecule has 2 nitrogen and oxygen atoms in total. The molecule has 1 heterocycles. The maximum atomic E-state index is 2.50. The molecule has 1 aliphatic carbocycles. The van der Waals surface area contributed by atoms with E-state index in [1.54, 1.807) is 0 Å². The van der Waals surface area contributed by atoms with Gasteiger partial charge in [-0.3, -0.25) is 0 Å². The van der Waals surface area contributed by atoms with Crippen molar-refractivity contribution in [3.05, 3.63) is 241 Å². The first kappa shape index (κ1) is 33.9. The van der Waals surface area contributed by atoms with Crippen LogP contribution < -0.4 is 4.90 Å². The summed E-state index contributed by atoms with van der Waals surface area (Å²) < 4.78 is 2.45. The van der Waals surface area contributed by atoms with Gasteiger partial charge in [0, 0.05) is 44.8 Å². The summed E-state index contributed by atoms with van der Waals surface area (Å²) in [6, 6.07) is 77.5. The van der Waals surface area contributed by atoms with Crippen LogP contribution in [0.15, 0.2) is 230 Å². The van der Waals surface area contributed by atoms with Crippen molar-refractivity contribution in [1.29, 1.82) is 0 Å². The molecule has 0 N–H and O–H groups in total. The standard InChI is InChI=1S/C56H40N2/c1-4-16-39(17-5-1)45-34-46(40-18-6-2-7-19-40)38-50(37-45)57(49-32-30-41-20-10-11-22-43(41)35-49)48-26-14-23-44(36-48)51-28-15-29-54-55(51)53-33-31-42-21-12-13-27-52(42)56(53)58(54)47-24-8-3-9-25-47/h1-37,46H,38H2. The van der Waals surface area contributed by atoms with E-state index in [1.807, 2.05) is 0 Å². The zero-order valence-corrected chi connectivity index (χ0v) is 32.0. The van der Waals surface area contributed by atoms with E-state index in [0.29, 0.717) is 0 Å². The Morgan fingerprint density at radius 1 is 0.466 bits per heavy atom. The number of allylic oxidation sites excluding steroid dienone is 4. The van der Waals surface area contributed by atoms with Crippen molar-refractivity contribution in [2.75, 3.05) is 4.90 Å². The minimum Gasteiger partial charge on any atom is -0.314 e. The van der Waals surface area contributed by atoms with E-state index in [2.05, 4.69) is 234 Å². The van der Waals surface area contributed by atoms with Crippen molar-refractivity contribution in [1.82, 2.24) is 4.57 Å². The van der Waals surface area contributed by atoms with E-state index in [-0.39, 0.29) is 5.92 Å². The highest BCUT2D eigenvalue weighted by molar-refractivity contribution is 6.22.